The Kier molecular flexibility index (Phi) is 11.6. The summed E-state index contributed by atoms with van der Waals surface area (Å²) in [6.45, 7) is 4.38. The molecule has 1 aromatic rings. The minimum atomic E-state index is -1.16. The topological polar surface area (TPSA) is 77.8 Å². The summed E-state index contributed by atoms with van der Waals surface area (Å²) in [5.41, 5.74) is 1.48. The average Bonchev–Trinajstić information content (AvgIpc) is 2.63. The van der Waals surface area contributed by atoms with Crippen LogP contribution < -0.4 is 0 Å². The van der Waals surface area contributed by atoms with Gasteiger partial charge in [0.05, 0.1) is 0 Å². The molecular weight excluding hydrogens is 340 g/mol. The van der Waals surface area contributed by atoms with E-state index in [1.54, 1.807) is 6.07 Å². The molecule has 0 heterocycles. The largest absolute Gasteiger partial charge is 0.504 e. The minimum absolute atomic E-state index is 0.107. The third-order valence-corrected chi connectivity index (χ3v) is 5.27. The first-order valence-corrected chi connectivity index (χ1v) is 10.8. The van der Waals surface area contributed by atoms with Crippen LogP contribution in [0.5, 0.6) is 11.5 Å². The highest BCUT2D eigenvalue weighted by molar-refractivity contribution is 5.94. The lowest BCUT2D eigenvalue weighted by Crippen LogP contribution is -2.07. The second-order valence-electron chi connectivity index (χ2n) is 7.60. The molecule has 0 amide bonds. The van der Waals surface area contributed by atoms with Crippen LogP contribution in [-0.4, -0.2) is 21.3 Å². The number of phenols is 2. The zero-order valence-electron chi connectivity index (χ0n) is 17.2. The van der Waals surface area contributed by atoms with Gasteiger partial charge in [-0.25, -0.2) is 4.79 Å². The number of carbonyl (C=O) groups is 1. The Hall–Kier alpha value is -1.71. The summed E-state index contributed by atoms with van der Waals surface area (Å²) in [6, 6.07) is 1.57. The van der Waals surface area contributed by atoms with Crippen molar-refractivity contribution >= 4 is 5.97 Å². The predicted molar refractivity (Wildman–Crippen MR) is 111 cm³/mol. The number of aromatic carboxylic acids is 1. The van der Waals surface area contributed by atoms with Crippen molar-refractivity contribution in [1.82, 2.24) is 0 Å². The molecule has 27 heavy (non-hydrogen) atoms. The van der Waals surface area contributed by atoms with Crippen LogP contribution in [0, 0.1) is 0 Å². The normalized spacial score (nSPS) is 11.0. The number of hydrogen-bond donors (Lipinski definition) is 3. The molecule has 4 heteroatoms. The highest BCUT2D eigenvalue weighted by Gasteiger charge is 2.22. The van der Waals surface area contributed by atoms with Gasteiger partial charge in [0.15, 0.2) is 11.5 Å². The maximum atomic E-state index is 11.7. The van der Waals surface area contributed by atoms with Gasteiger partial charge in [-0.2, -0.15) is 0 Å². The van der Waals surface area contributed by atoms with Crippen molar-refractivity contribution in [2.45, 2.75) is 104 Å². The lowest BCUT2D eigenvalue weighted by atomic mass is 9.91. The van der Waals surface area contributed by atoms with E-state index in [0.717, 1.165) is 44.1 Å². The van der Waals surface area contributed by atoms with Crippen molar-refractivity contribution in [3.05, 3.63) is 22.8 Å². The lowest BCUT2D eigenvalue weighted by Gasteiger charge is -2.16. The van der Waals surface area contributed by atoms with E-state index >= 15 is 0 Å². The van der Waals surface area contributed by atoms with Crippen molar-refractivity contribution in [2.24, 2.45) is 0 Å². The van der Waals surface area contributed by atoms with Crippen LogP contribution in [0.3, 0.4) is 0 Å². The molecule has 0 saturated carbocycles. The quantitative estimate of drug-likeness (QED) is 0.237. The summed E-state index contributed by atoms with van der Waals surface area (Å²) < 4.78 is 0. The molecule has 0 unspecified atom stereocenters. The number of benzene rings is 1. The molecule has 0 aliphatic heterocycles. The number of carboxylic acids is 1. The van der Waals surface area contributed by atoms with Crippen LogP contribution in [0.15, 0.2) is 6.07 Å². The Morgan fingerprint density at radius 3 is 1.78 bits per heavy atom. The zero-order valence-corrected chi connectivity index (χ0v) is 17.2. The monoisotopic (exact) mass is 378 g/mol. The Bertz CT molecular complexity index is 566. The predicted octanol–water partition coefficient (Wildman–Crippen LogP) is 6.60. The third-order valence-electron chi connectivity index (χ3n) is 5.27. The van der Waals surface area contributed by atoms with Crippen LogP contribution in [0.2, 0.25) is 0 Å². The summed E-state index contributed by atoms with van der Waals surface area (Å²) in [4.78, 5) is 11.7. The molecule has 0 aromatic heterocycles. The summed E-state index contributed by atoms with van der Waals surface area (Å²) in [6.07, 6.45) is 15.2. The van der Waals surface area contributed by atoms with E-state index < -0.39 is 11.7 Å². The molecule has 0 spiro atoms. The first kappa shape index (κ1) is 23.3. The molecule has 0 aliphatic rings. The fourth-order valence-corrected chi connectivity index (χ4v) is 3.67. The van der Waals surface area contributed by atoms with Gasteiger partial charge in [0, 0.05) is 0 Å². The second kappa shape index (κ2) is 13.5. The maximum absolute atomic E-state index is 11.7. The average molecular weight is 379 g/mol. The first-order chi connectivity index (χ1) is 13.0. The van der Waals surface area contributed by atoms with Crippen LogP contribution >= 0.6 is 0 Å². The smallest absolute Gasteiger partial charge is 0.339 e. The van der Waals surface area contributed by atoms with Crippen molar-refractivity contribution in [1.29, 1.82) is 0 Å². The SMILES string of the molecule is CCCCCCCCc1cc(O)c(O)c(C(=O)O)c1CCCCCCCC. The Morgan fingerprint density at radius 1 is 0.778 bits per heavy atom. The van der Waals surface area contributed by atoms with Gasteiger partial charge in [-0.15, -0.1) is 0 Å². The number of rotatable bonds is 15. The molecule has 154 valence electrons. The standard InChI is InChI=1S/C23H38O4/c1-3-5-7-9-11-13-15-18-17-20(24)22(25)21(23(26)27)19(18)16-14-12-10-8-6-4-2/h17,24-25H,3-16H2,1-2H3,(H,26,27). The van der Waals surface area contributed by atoms with Gasteiger partial charge in [-0.1, -0.05) is 78.1 Å². The molecule has 0 saturated heterocycles. The van der Waals surface area contributed by atoms with E-state index in [1.807, 2.05) is 0 Å². The molecule has 0 bridgehead atoms. The molecule has 0 radical (unpaired) electrons. The number of aromatic hydroxyl groups is 2. The van der Waals surface area contributed by atoms with Gasteiger partial charge in [0.2, 0.25) is 0 Å². The minimum Gasteiger partial charge on any atom is -0.504 e. The number of carboxylic acid groups (broad SMARTS) is 1. The summed E-state index contributed by atoms with van der Waals surface area (Å²) in [7, 11) is 0. The van der Waals surface area contributed by atoms with E-state index in [9.17, 15) is 20.1 Å². The highest BCUT2D eigenvalue weighted by atomic mass is 16.4. The van der Waals surface area contributed by atoms with Gasteiger partial charge in [-0.3, -0.25) is 0 Å². The molecule has 1 rings (SSSR count). The molecule has 0 aliphatic carbocycles. The number of phenolic OH excluding ortho intramolecular Hbond substituents is 1. The van der Waals surface area contributed by atoms with Crippen molar-refractivity contribution in [2.75, 3.05) is 0 Å². The third kappa shape index (κ3) is 8.23. The number of aryl methyl sites for hydroxylation is 1. The van der Waals surface area contributed by atoms with Crippen LogP contribution in [0.1, 0.15) is 112 Å². The molecule has 0 atom stereocenters. The fraction of sp³-hybridized carbons (Fsp3) is 0.696. The Balaban J connectivity index is 2.78. The number of hydrogen-bond acceptors (Lipinski definition) is 3. The fourth-order valence-electron chi connectivity index (χ4n) is 3.67. The van der Waals surface area contributed by atoms with E-state index in [1.165, 1.54) is 44.9 Å². The summed E-state index contributed by atoms with van der Waals surface area (Å²) in [5, 5.41) is 29.6. The van der Waals surface area contributed by atoms with Crippen LogP contribution in [0.25, 0.3) is 0 Å². The van der Waals surface area contributed by atoms with Gasteiger partial charge >= 0.3 is 5.97 Å². The van der Waals surface area contributed by atoms with Gasteiger partial charge < -0.3 is 15.3 Å². The first-order valence-electron chi connectivity index (χ1n) is 10.8. The number of unbranched alkanes of at least 4 members (excludes halogenated alkanes) is 10. The van der Waals surface area contributed by atoms with Crippen molar-refractivity contribution in [3.8, 4) is 11.5 Å². The van der Waals surface area contributed by atoms with E-state index in [0.29, 0.717) is 12.0 Å². The van der Waals surface area contributed by atoms with Crippen LogP contribution in [0.4, 0.5) is 0 Å². The zero-order chi connectivity index (χ0) is 20.1. The lowest BCUT2D eigenvalue weighted by molar-refractivity contribution is 0.0691. The van der Waals surface area contributed by atoms with E-state index in [4.69, 9.17) is 0 Å². The molecule has 0 fully saturated rings. The van der Waals surface area contributed by atoms with Crippen LogP contribution in [-0.2, 0) is 12.8 Å². The van der Waals surface area contributed by atoms with E-state index in [2.05, 4.69) is 13.8 Å². The molecule has 4 nitrogen and oxygen atoms in total. The molecular formula is C23H38O4. The highest BCUT2D eigenvalue weighted by Crippen LogP contribution is 2.36. The Morgan fingerprint density at radius 2 is 1.26 bits per heavy atom. The molecule has 1 aromatic carbocycles. The van der Waals surface area contributed by atoms with Crippen molar-refractivity contribution < 1.29 is 20.1 Å². The summed E-state index contributed by atoms with van der Waals surface area (Å²) in [5.74, 6) is -1.97. The van der Waals surface area contributed by atoms with Crippen molar-refractivity contribution in [3.63, 3.8) is 0 Å². The van der Waals surface area contributed by atoms with Gasteiger partial charge in [-0.05, 0) is 42.9 Å². The molecule has 3 N–H and O–H groups in total. The van der Waals surface area contributed by atoms with Gasteiger partial charge in [0.1, 0.15) is 5.56 Å². The van der Waals surface area contributed by atoms with Gasteiger partial charge in [0.25, 0.3) is 0 Å². The summed E-state index contributed by atoms with van der Waals surface area (Å²) >= 11 is 0. The maximum Gasteiger partial charge on any atom is 0.339 e. The van der Waals surface area contributed by atoms with E-state index in [-0.39, 0.29) is 11.3 Å². The second-order valence-corrected chi connectivity index (χ2v) is 7.60. The Labute approximate surface area is 164 Å².